The monoisotopic (exact) mass is 569 g/mol. The maximum absolute atomic E-state index is 12.5. The van der Waals surface area contributed by atoms with Gasteiger partial charge in [0.25, 0.3) is 10.2 Å². The lowest BCUT2D eigenvalue weighted by molar-refractivity contribution is 0.164. The molecule has 1 N–H and O–H groups in total. The summed E-state index contributed by atoms with van der Waals surface area (Å²) in [5, 5.41) is 0. The van der Waals surface area contributed by atoms with Crippen molar-refractivity contribution in [3.05, 3.63) is 28.2 Å². The molecule has 3 fully saturated rings. The average Bonchev–Trinajstić information content (AvgIpc) is 3.38. The van der Waals surface area contributed by atoms with Crippen LogP contribution in [0, 0.1) is 11.8 Å². The van der Waals surface area contributed by atoms with E-state index in [1.165, 1.54) is 48.9 Å². The maximum atomic E-state index is 12.5. The molecule has 0 spiro atoms. The maximum Gasteiger partial charge on any atom is 0.279 e. The molecule has 0 unspecified atom stereocenters. The molecule has 0 aromatic heterocycles. The zero-order valence-electron chi connectivity index (χ0n) is 21.6. The Labute approximate surface area is 221 Å². The molecule has 35 heavy (non-hydrogen) atoms. The molecule has 2 saturated heterocycles. The molecule has 0 atom stereocenters. The second-order valence-electron chi connectivity index (χ2n) is 11.1. The van der Waals surface area contributed by atoms with Gasteiger partial charge in [-0.05, 0) is 133 Å². The van der Waals surface area contributed by atoms with Gasteiger partial charge < -0.3 is 9.64 Å². The summed E-state index contributed by atoms with van der Waals surface area (Å²) in [6, 6.07) is 6.50. The summed E-state index contributed by atoms with van der Waals surface area (Å²) in [7, 11) is -3.28. The highest BCUT2D eigenvalue weighted by Gasteiger charge is 2.30. The van der Waals surface area contributed by atoms with Crippen LogP contribution in [0.2, 0.25) is 0 Å². The van der Waals surface area contributed by atoms with Crippen molar-refractivity contribution in [1.82, 2.24) is 13.9 Å². The summed E-state index contributed by atoms with van der Waals surface area (Å²) in [6.07, 6.45) is 11.3. The normalized spacial score (nSPS) is 25.4. The molecular formula is C27H44BrN3O3S. The minimum absolute atomic E-state index is 0.122. The number of ether oxygens (including phenoxy) is 1. The number of hydrogen-bond donors (Lipinski definition) is 1. The van der Waals surface area contributed by atoms with Crippen molar-refractivity contribution in [3.63, 3.8) is 0 Å². The van der Waals surface area contributed by atoms with Crippen molar-refractivity contribution in [2.24, 2.45) is 11.8 Å². The van der Waals surface area contributed by atoms with E-state index in [2.05, 4.69) is 51.5 Å². The zero-order valence-corrected chi connectivity index (χ0v) is 24.0. The van der Waals surface area contributed by atoms with Gasteiger partial charge >= 0.3 is 0 Å². The lowest BCUT2D eigenvalue weighted by Crippen LogP contribution is -2.45. The van der Waals surface area contributed by atoms with Gasteiger partial charge in [-0.1, -0.05) is 15.9 Å². The lowest BCUT2D eigenvalue weighted by atomic mass is 9.84. The number of hydrogen-bond acceptors (Lipinski definition) is 4. The minimum Gasteiger partial charge on any atom is -0.491 e. The molecule has 1 aromatic rings. The molecule has 3 aliphatic rings. The first-order chi connectivity index (χ1) is 16.8. The first kappa shape index (κ1) is 27.4. The first-order valence-electron chi connectivity index (χ1n) is 13.7. The number of piperidine rings is 1. The third-order valence-corrected chi connectivity index (χ3v) is 10.5. The Hall–Kier alpha value is -0.670. The molecule has 1 aliphatic carbocycles. The van der Waals surface area contributed by atoms with Gasteiger partial charge in [-0.3, -0.25) is 0 Å². The van der Waals surface area contributed by atoms with Crippen LogP contribution < -0.4 is 9.46 Å². The van der Waals surface area contributed by atoms with E-state index < -0.39 is 10.2 Å². The summed E-state index contributed by atoms with van der Waals surface area (Å²) in [5.41, 5.74) is 1.36. The van der Waals surface area contributed by atoms with Crippen LogP contribution in [0.25, 0.3) is 0 Å². The Kier molecular flexibility index (Phi) is 9.95. The predicted molar refractivity (Wildman–Crippen MR) is 146 cm³/mol. The molecule has 2 aliphatic heterocycles. The SMILES string of the molecule is CC(C)Oc1ccc(Br)c(CC2CCN(CC[C@H]3CC[C@H](NS(=O)(=O)N4CCCC4)CC3)CC2)c1. The highest BCUT2D eigenvalue weighted by atomic mass is 79.9. The van der Waals surface area contributed by atoms with Crippen LogP contribution in [-0.4, -0.2) is 62.5 Å². The van der Waals surface area contributed by atoms with Gasteiger partial charge in [0.15, 0.2) is 0 Å². The summed E-state index contributed by atoms with van der Waals surface area (Å²) >= 11 is 3.74. The van der Waals surface area contributed by atoms with E-state index >= 15 is 0 Å². The van der Waals surface area contributed by atoms with Crippen LogP contribution >= 0.6 is 15.9 Å². The molecule has 1 aromatic carbocycles. The Balaban J connectivity index is 1.14. The summed E-state index contributed by atoms with van der Waals surface area (Å²) in [4.78, 5) is 2.64. The third kappa shape index (κ3) is 8.16. The lowest BCUT2D eigenvalue weighted by Gasteiger charge is -2.34. The van der Waals surface area contributed by atoms with E-state index in [4.69, 9.17) is 4.74 Å². The molecule has 0 amide bonds. The molecule has 8 heteroatoms. The van der Waals surface area contributed by atoms with Gasteiger partial charge in [-0.2, -0.15) is 17.4 Å². The molecular weight excluding hydrogens is 526 g/mol. The van der Waals surface area contributed by atoms with Gasteiger partial charge in [-0.15, -0.1) is 0 Å². The number of rotatable bonds is 10. The fourth-order valence-electron chi connectivity index (χ4n) is 5.93. The average molecular weight is 571 g/mol. The van der Waals surface area contributed by atoms with Crippen LogP contribution in [0.5, 0.6) is 5.75 Å². The Morgan fingerprint density at radius 3 is 2.34 bits per heavy atom. The number of nitrogens with zero attached hydrogens (tertiary/aromatic N) is 2. The largest absolute Gasteiger partial charge is 0.491 e. The Morgan fingerprint density at radius 1 is 1.00 bits per heavy atom. The van der Waals surface area contributed by atoms with Gasteiger partial charge in [0, 0.05) is 23.6 Å². The molecule has 198 valence electrons. The number of likely N-dealkylation sites (tertiary alicyclic amines) is 1. The van der Waals surface area contributed by atoms with Crippen LogP contribution in [0.4, 0.5) is 0 Å². The second-order valence-corrected chi connectivity index (χ2v) is 13.7. The van der Waals surface area contributed by atoms with Crippen LogP contribution in [0.3, 0.4) is 0 Å². The number of benzene rings is 1. The van der Waals surface area contributed by atoms with Crippen LogP contribution in [-0.2, 0) is 16.6 Å². The molecule has 0 bridgehead atoms. The van der Waals surface area contributed by atoms with Crippen molar-refractivity contribution >= 4 is 26.1 Å². The topological polar surface area (TPSA) is 61.9 Å². The van der Waals surface area contributed by atoms with Crippen molar-refractivity contribution in [3.8, 4) is 5.75 Å². The van der Waals surface area contributed by atoms with Crippen molar-refractivity contribution in [2.75, 3.05) is 32.7 Å². The van der Waals surface area contributed by atoms with E-state index in [0.29, 0.717) is 13.1 Å². The van der Waals surface area contributed by atoms with E-state index in [1.807, 2.05) is 6.07 Å². The molecule has 2 heterocycles. The molecule has 1 saturated carbocycles. The molecule has 0 radical (unpaired) electrons. The smallest absolute Gasteiger partial charge is 0.279 e. The van der Waals surface area contributed by atoms with E-state index in [1.54, 1.807) is 4.31 Å². The quantitative estimate of drug-likeness (QED) is 0.411. The van der Waals surface area contributed by atoms with E-state index in [-0.39, 0.29) is 12.1 Å². The standard InChI is InChI=1S/C27H44BrN3O3S/c1-21(2)34-26-9-10-27(28)24(20-26)19-23-12-17-30(18-13-23)16-11-22-5-7-25(8-6-22)29-35(32,33)31-14-3-4-15-31/h9-10,20-23,25,29H,3-8,11-19H2,1-2H3/t22-,25-. The van der Waals surface area contributed by atoms with Gasteiger partial charge in [-0.25, -0.2) is 0 Å². The third-order valence-electron chi connectivity index (χ3n) is 8.03. The van der Waals surface area contributed by atoms with Gasteiger partial charge in [0.05, 0.1) is 6.10 Å². The fourth-order valence-corrected chi connectivity index (χ4v) is 7.88. The number of nitrogens with one attached hydrogen (secondary N) is 1. The minimum atomic E-state index is -3.28. The van der Waals surface area contributed by atoms with E-state index in [0.717, 1.165) is 62.5 Å². The highest BCUT2D eigenvalue weighted by Crippen LogP contribution is 2.31. The summed E-state index contributed by atoms with van der Waals surface area (Å²) in [6.45, 7) is 9.06. The highest BCUT2D eigenvalue weighted by molar-refractivity contribution is 9.10. The Bertz CT molecular complexity index is 904. The zero-order chi connectivity index (χ0) is 24.8. The predicted octanol–water partition coefficient (Wildman–Crippen LogP) is 5.37. The van der Waals surface area contributed by atoms with Crippen molar-refractivity contribution in [2.45, 2.75) is 90.2 Å². The van der Waals surface area contributed by atoms with Crippen molar-refractivity contribution < 1.29 is 13.2 Å². The second kappa shape index (κ2) is 12.7. The fraction of sp³-hybridized carbons (Fsp3) is 0.778. The van der Waals surface area contributed by atoms with E-state index in [9.17, 15) is 8.42 Å². The summed E-state index contributed by atoms with van der Waals surface area (Å²) in [5.74, 6) is 2.44. The van der Waals surface area contributed by atoms with Gasteiger partial charge in [0.1, 0.15) is 5.75 Å². The van der Waals surface area contributed by atoms with Gasteiger partial charge in [0.2, 0.25) is 0 Å². The number of halogens is 1. The van der Waals surface area contributed by atoms with Crippen molar-refractivity contribution in [1.29, 1.82) is 0 Å². The first-order valence-corrected chi connectivity index (χ1v) is 16.0. The summed E-state index contributed by atoms with van der Waals surface area (Å²) < 4.78 is 36.8. The molecule has 6 nitrogen and oxygen atoms in total. The van der Waals surface area contributed by atoms with Crippen LogP contribution in [0.1, 0.15) is 77.2 Å². The molecule has 4 rings (SSSR count). The Morgan fingerprint density at radius 2 is 1.69 bits per heavy atom. The van der Waals surface area contributed by atoms with Crippen LogP contribution in [0.15, 0.2) is 22.7 Å².